The first-order chi connectivity index (χ1) is 10.1. The highest BCUT2D eigenvalue weighted by atomic mass is 32.1. The molecule has 0 aliphatic carbocycles. The summed E-state index contributed by atoms with van der Waals surface area (Å²) in [4.78, 5) is 27.6. The summed E-state index contributed by atoms with van der Waals surface area (Å²) in [6.45, 7) is 1.40. The fourth-order valence-corrected chi connectivity index (χ4v) is 4.06. The molecule has 0 aromatic carbocycles. The van der Waals surface area contributed by atoms with Crippen molar-refractivity contribution in [1.29, 1.82) is 0 Å². The van der Waals surface area contributed by atoms with E-state index in [1.807, 2.05) is 4.90 Å². The minimum Gasteiger partial charge on any atom is -0.478 e. The first kappa shape index (κ1) is 14.0. The third-order valence-corrected chi connectivity index (χ3v) is 5.38. The fourth-order valence-electron chi connectivity index (χ4n) is 2.29. The minimum absolute atomic E-state index is 0.0202. The van der Waals surface area contributed by atoms with Crippen molar-refractivity contribution >= 4 is 40.6 Å². The topological polar surface area (TPSA) is 57.6 Å². The molecule has 0 fully saturated rings. The number of aliphatic carboxylic acids is 1. The molecule has 1 aliphatic rings. The number of thiophene rings is 2. The molecule has 1 amide bonds. The van der Waals surface area contributed by atoms with E-state index in [9.17, 15) is 9.59 Å². The van der Waals surface area contributed by atoms with E-state index in [2.05, 4.69) is 11.4 Å². The van der Waals surface area contributed by atoms with Crippen LogP contribution in [-0.4, -0.2) is 28.4 Å². The number of rotatable bonds is 3. The molecule has 0 unspecified atom stereocenters. The molecule has 0 spiro atoms. The number of amides is 1. The molecular formula is C15H13NO3S2. The van der Waals surface area contributed by atoms with Gasteiger partial charge in [0.2, 0.25) is 0 Å². The van der Waals surface area contributed by atoms with Gasteiger partial charge < -0.3 is 10.0 Å². The van der Waals surface area contributed by atoms with Crippen molar-refractivity contribution in [3.8, 4) is 0 Å². The molecule has 0 atom stereocenters. The summed E-state index contributed by atoms with van der Waals surface area (Å²) in [5, 5.41) is 10.7. The summed E-state index contributed by atoms with van der Waals surface area (Å²) in [6.07, 6.45) is 3.51. The molecule has 4 nitrogen and oxygen atoms in total. The quantitative estimate of drug-likeness (QED) is 0.884. The van der Waals surface area contributed by atoms with E-state index in [1.165, 1.54) is 27.9 Å². The van der Waals surface area contributed by atoms with Gasteiger partial charge >= 0.3 is 5.97 Å². The Kier molecular flexibility index (Phi) is 3.90. The first-order valence-corrected chi connectivity index (χ1v) is 8.18. The van der Waals surface area contributed by atoms with Gasteiger partial charge in [-0.2, -0.15) is 0 Å². The molecule has 3 heterocycles. The number of carboxylic acid groups (broad SMARTS) is 1. The zero-order valence-electron chi connectivity index (χ0n) is 11.1. The normalized spacial score (nSPS) is 14.4. The van der Waals surface area contributed by atoms with Gasteiger partial charge in [0.15, 0.2) is 0 Å². The smallest absolute Gasteiger partial charge is 0.328 e. The second kappa shape index (κ2) is 5.83. The molecule has 1 aliphatic heterocycles. The molecule has 1 N–H and O–H groups in total. The van der Waals surface area contributed by atoms with Crippen molar-refractivity contribution in [3.05, 3.63) is 49.9 Å². The average molecular weight is 319 g/mol. The van der Waals surface area contributed by atoms with Gasteiger partial charge in [0.1, 0.15) is 0 Å². The summed E-state index contributed by atoms with van der Waals surface area (Å²) in [5.74, 6) is -0.968. The molecule has 6 heteroatoms. The Morgan fingerprint density at radius 2 is 2.14 bits per heavy atom. The van der Waals surface area contributed by atoms with Crippen LogP contribution in [-0.2, 0) is 17.8 Å². The van der Waals surface area contributed by atoms with Crippen LogP contribution in [0.2, 0.25) is 0 Å². The van der Waals surface area contributed by atoms with Crippen molar-refractivity contribution in [2.45, 2.75) is 13.0 Å². The van der Waals surface area contributed by atoms with E-state index < -0.39 is 5.97 Å². The van der Waals surface area contributed by atoms with Crippen molar-refractivity contribution in [2.75, 3.05) is 6.54 Å². The molecule has 0 saturated heterocycles. The Bertz CT molecular complexity index is 714. The highest BCUT2D eigenvalue weighted by Gasteiger charge is 2.23. The minimum atomic E-state index is -0.989. The molecule has 2 aromatic heterocycles. The Labute approximate surface area is 130 Å². The standard InChI is InChI=1S/C15H13NO3S2/c17-14(18)4-2-11-1-3-13(21-11)15(19)16-7-5-12-10(9-16)6-8-20-12/h1-4,6,8H,5,7,9H2,(H,17,18). The molecule has 0 radical (unpaired) electrons. The van der Waals surface area contributed by atoms with Gasteiger partial charge in [0.25, 0.3) is 5.91 Å². The van der Waals surface area contributed by atoms with Crippen LogP contribution >= 0.6 is 22.7 Å². The zero-order valence-corrected chi connectivity index (χ0v) is 12.7. The van der Waals surface area contributed by atoms with Crippen LogP contribution in [0, 0.1) is 0 Å². The van der Waals surface area contributed by atoms with E-state index >= 15 is 0 Å². The highest BCUT2D eigenvalue weighted by molar-refractivity contribution is 7.14. The maximum atomic E-state index is 12.5. The summed E-state index contributed by atoms with van der Waals surface area (Å²) in [5.41, 5.74) is 1.24. The number of nitrogens with zero attached hydrogens (tertiary/aromatic N) is 1. The lowest BCUT2D eigenvalue weighted by Gasteiger charge is -2.26. The van der Waals surface area contributed by atoms with Crippen LogP contribution in [0.25, 0.3) is 6.08 Å². The Balaban J connectivity index is 1.73. The second-order valence-corrected chi connectivity index (χ2v) is 6.84. The maximum absolute atomic E-state index is 12.5. The predicted octanol–water partition coefficient (Wildman–Crippen LogP) is 3.11. The van der Waals surface area contributed by atoms with Crippen LogP contribution in [0.15, 0.2) is 29.7 Å². The molecule has 0 bridgehead atoms. The third kappa shape index (κ3) is 3.06. The predicted molar refractivity (Wildman–Crippen MR) is 83.8 cm³/mol. The van der Waals surface area contributed by atoms with Crippen molar-refractivity contribution in [2.24, 2.45) is 0 Å². The SMILES string of the molecule is O=C(O)C=Cc1ccc(C(=O)N2CCc3sccc3C2)s1. The second-order valence-electron chi connectivity index (χ2n) is 4.72. The van der Waals surface area contributed by atoms with E-state index in [0.29, 0.717) is 11.4 Å². The molecule has 0 saturated carbocycles. The lowest BCUT2D eigenvalue weighted by atomic mass is 10.1. The van der Waals surface area contributed by atoms with Crippen LogP contribution in [0.4, 0.5) is 0 Å². The van der Waals surface area contributed by atoms with E-state index in [1.54, 1.807) is 23.5 Å². The number of hydrogen-bond donors (Lipinski definition) is 1. The Hall–Kier alpha value is -1.92. The molecule has 21 heavy (non-hydrogen) atoms. The first-order valence-electron chi connectivity index (χ1n) is 6.49. The van der Waals surface area contributed by atoms with Crippen LogP contribution in [0.3, 0.4) is 0 Å². The number of carboxylic acids is 1. The molecule has 3 rings (SSSR count). The van der Waals surface area contributed by atoms with Gasteiger partial charge in [-0.15, -0.1) is 22.7 Å². The Morgan fingerprint density at radius 3 is 2.95 bits per heavy atom. The lowest BCUT2D eigenvalue weighted by molar-refractivity contribution is -0.131. The third-order valence-electron chi connectivity index (χ3n) is 3.32. The Morgan fingerprint density at radius 1 is 1.29 bits per heavy atom. The van der Waals surface area contributed by atoms with Gasteiger partial charge in [-0.3, -0.25) is 4.79 Å². The van der Waals surface area contributed by atoms with Crippen LogP contribution < -0.4 is 0 Å². The van der Waals surface area contributed by atoms with Gasteiger partial charge in [-0.25, -0.2) is 4.79 Å². The van der Waals surface area contributed by atoms with Crippen LogP contribution in [0.1, 0.15) is 25.0 Å². The zero-order chi connectivity index (χ0) is 14.8. The number of fused-ring (bicyclic) bond motifs is 1. The monoisotopic (exact) mass is 319 g/mol. The summed E-state index contributed by atoms with van der Waals surface area (Å²) in [7, 11) is 0. The summed E-state index contributed by atoms with van der Waals surface area (Å²) in [6, 6.07) is 5.61. The van der Waals surface area contributed by atoms with Crippen molar-refractivity contribution < 1.29 is 14.7 Å². The van der Waals surface area contributed by atoms with Gasteiger partial charge in [0, 0.05) is 28.9 Å². The van der Waals surface area contributed by atoms with Crippen molar-refractivity contribution in [1.82, 2.24) is 4.90 Å². The fraction of sp³-hybridized carbons (Fsp3) is 0.200. The average Bonchev–Trinajstić information content (AvgIpc) is 3.12. The van der Waals surface area contributed by atoms with Gasteiger partial charge in [-0.05, 0) is 41.6 Å². The van der Waals surface area contributed by atoms with E-state index in [4.69, 9.17) is 5.11 Å². The largest absolute Gasteiger partial charge is 0.478 e. The lowest BCUT2D eigenvalue weighted by Crippen LogP contribution is -2.34. The number of carbonyl (C=O) groups excluding carboxylic acids is 1. The number of carbonyl (C=O) groups is 2. The molecule has 2 aromatic rings. The molecular weight excluding hydrogens is 306 g/mol. The maximum Gasteiger partial charge on any atom is 0.328 e. The van der Waals surface area contributed by atoms with Crippen LogP contribution in [0.5, 0.6) is 0 Å². The van der Waals surface area contributed by atoms with Crippen molar-refractivity contribution in [3.63, 3.8) is 0 Å². The number of hydrogen-bond acceptors (Lipinski definition) is 4. The van der Waals surface area contributed by atoms with E-state index in [0.717, 1.165) is 23.9 Å². The molecule has 108 valence electrons. The van der Waals surface area contributed by atoms with Gasteiger partial charge in [-0.1, -0.05) is 0 Å². The highest BCUT2D eigenvalue weighted by Crippen LogP contribution is 2.26. The van der Waals surface area contributed by atoms with E-state index in [-0.39, 0.29) is 5.91 Å². The summed E-state index contributed by atoms with van der Waals surface area (Å²) < 4.78 is 0. The summed E-state index contributed by atoms with van der Waals surface area (Å²) >= 11 is 3.07. The van der Waals surface area contributed by atoms with Gasteiger partial charge in [0.05, 0.1) is 4.88 Å².